The fourth-order valence-electron chi connectivity index (χ4n) is 3.02. The summed E-state index contributed by atoms with van der Waals surface area (Å²) in [4.78, 5) is 14.6. The predicted molar refractivity (Wildman–Crippen MR) is 107 cm³/mol. The molecule has 0 fully saturated rings. The molecule has 0 aliphatic heterocycles. The molecule has 0 aliphatic rings. The van der Waals surface area contributed by atoms with E-state index in [1.165, 1.54) is 12.1 Å². The molecule has 6 heteroatoms. The summed E-state index contributed by atoms with van der Waals surface area (Å²) in [6.07, 6.45) is 0. The lowest BCUT2D eigenvalue weighted by Gasteiger charge is -2.30. The third-order valence-corrected chi connectivity index (χ3v) is 5.66. The molecular formula is C21H27NO4S. The van der Waals surface area contributed by atoms with E-state index >= 15 is 0 Å². The standard InChI is InChI=1S/C21H27NO4S/c1-14(2)22(15(3)4)21(23)18-9-11-19(12-10-18)26-27(24,25)20-13-16(5)7-8-17(20)6/h7-15H,1-6H3. The smallest absolute Gasteiger partial charge is 0.339 e. The number of aryl methyl sites for hydroxylation is 2. The Kier molecular flexibility index (Phi) is 6.31. The second-order valence-corrected chi connectivity index (χ2v) is 8.75. The van der Waals surface area contributed by atoms with Crippen LogP contribution in [0.1, 0.15) is 49.2 Å². The summed E-state index contributed by atoms with van der Waals surface area (Å²) in [5.41, 5.74) is 1.96. The Morgan fingerprint density at radius 2 is 1.48 bits per heavy atom. The highest BCUT2D eigenvalue weighted by atomic mass is 32.2. The van der Waals surface area contributed by atoms with Crippen LogP contribution < -0.4 is 4.18 Å². The van der Waals surface area contributed by atoms with E-state index in [2.05, 4.69) is 0 Å². The van der Waals surface area contributed by atoms with Crippen LogP contribution >= 0.6 is 0 Å². The quantitative estimate of drug-likeness (QED) is 0.690. The number of carbonyl (C=O) groups excluding carboxylic acids is 1. The third-order valence-electron chi connectivity index (χ3n) is 4.27. The summed E-state index contributed by atoms with van der Waals surface area (Å²) >= 11 is 0. The van der Waals surface area contributed by atoms with Gasteiger partial charge in [-0.15, -0.1) is 0 Å². The van der Waals surface area contributed by atoms with Gasteiger partial charge in [-0.1, -0.05) is 12.1 Å². The highest BCUT2D eigenvalue weighted by molar-refractivity contribution is 7.87. The number of hydrogen-bond donors (Lipinski definition) is 0. The number of amides is 1. The molecule has 0 saturated heterocycles. The molecule has 0 heterocycles. The maximum Gasteiger partial charge on any atom is 0.339 e. The van der Waals surface area contributed by atoms with Crippen molar-refractivity contribution in [3.8, 4) is 5.75 Å². The van der Waals surface area contributed by atoms with Crippen molar-refractivity contribution in [1.82, 2.24) is 4.90 Å². The number of nitrogens with zero attached hydrogens (tertiary/aromatic N) is 1. The van der Waals surface area contributed by atoms with Gasteiger partial charge in [-0.3, -0.25) is 4.79 Å². The summed E-state index contributed by atoms with van der Waals surface area (Å²) in [6.45, 7) is 11.4. The Balaban J connectivity index is 2.25. The van der Waals surface area contributed by atoms with Gasteiger partial charge < -0.3 is 9.08 Å². The normalized spacial score (nSPS) is 11.7. The Bertz CT molecular complexity index is 908. The van der Waals surface area contributed by atoms with Crippen molar-refractivity contribution in [3.63, 3.8) is 0 Å². The summed E-state index contributed by atoms with van der Waals surface area (Å²) in [5.74, 6) is 0.0806. The van der Waals surface area contributed by atoms with E-state index in [-0.39, 0.29) is 28.6 Å². The Labute approximate surface area is 162 Å². The highest BCUT2D eigenvalue weighted by Gasteiger charge is 2.23. The molecule has 2 aromatic rings. The number of carbonyl (C=O) groups is 1. The van der Waals surface area contributed by atoms with Crippen molar-refractivity contribution in [2.45, 2.75) is 58.5 Å². The molecule has 0 unspecified atom stereocenters. The van der Waals surface area contributed by atoms with Gasteiger partial charge in [0.2, 0.25) is 0 Å². The molecule has 0 aromatic heterocycles. The first-order valence-corrected chi connectivity index (χ1v) is 10.4. The Hall–Kier alpha value is -2.34. The molecule has 27 heavy (non-hydrogen) atoms. The molecule has 0 spiro atoms. The van der Waals surface area contributed by atoms with Gasteiger partial charge in [-0.25, -0.2) is 0 Å². The van der Waals surface area contributed by atoms with Gasteiger partial charge >= 0.3 is 10.1 Å². The zero-order chi connectivity index (χ0) is 20.4. The van der Waals surface area contributed by atoms with E-state index in [0.29, 0.717) is 11.1 Å². The van der Waals surface area contributed by atoms with E-state index in [1.807, 2.05) is 40.7 Å². The van der Waals surface area contributed by atoms with E-state index < -0.39 is 10.1 Å². The molecular weight excluding hydrogens is 362 g/mol. The summed E-state index contributed by atoms with van der Waals surface area (Å²) in [7, 11) is -3.94. The average molecular weight is 390 g/mol. The lowest BCUT2D eigenvalue weighted by molar-refractivity contribution is 0.0643. The SMILES string of the molecule is Cc1ccc(C)c(S(=O)(=O)Oc2ccc(C(=O)N(C(C)C)C(C)C)cc2)c1. The molecule has 0 bridgehead atoms. The van der Waals surface area contributed by atoms with E-state index in [0.717, 1.165) is 5.56 Å². The van der Waals surface area contributed by atoms with Gasteiger partial charge in [0.05, 0.1) is 0 Å². The van der Waals surface area contributed by atoms with Gasteiger partial charge in [0.25, 0.3) is 5.91 Å². The van der Waals surface area contributed by atoms with Crippen LogP contribution in [0.4, 0.5) is 0 Å². The van der Waals surface area contributed by atoms with Crippen LogP contribution in [-0.4, -0.2) is 31.3 Å². The first-order chi connectivity index (χ1) is 12.5. The second kappa shape index (κ2) is 8.13. The average Bonchev–Trinajstić information content (AvgIpc) is 2.56. The van der Waals surface area contributed by atoms with Crippen LogP contribution in [0.15, 0.2) is 47.4 Å². The Morgan fingerprint density at radius 1 is 0.926 bits per heavy atom. The van der Waals surface area contributed by atoms with E-state index in [9.17, 15) is 13.2 Å². The zero-order valence-electron chi connectivity index (χ0n) is 16.7. The number of hydrogen-bond acceptors (Lipinski definition) is 4. The van der Waals surface area contributed by atoms with Crippen LogP contribution in [-0.2, 0) is 10.1 Å². The van der Waals surface area contributed by atoms with Crippen LogP contribution in [0.5, 0.6) is 5.75 Å². The molecule has 2 aromatic carbocycles. The largest absolute Gasteiger partial charge is 0.379 e. The predicted octanol–water partition coefficient (Wildman–Crippen LogP) is 4.33. The molecule has 0 atom stereocenters. The second-order valence-electron chi connectivity index (χ2n) is 7.23. The number of benzene rings is 2. The third kappa shape index (κ3) is 4.89. The lowest BCUT2D eigenvalue weighted by Crippen LogP contribution is -2.42. The maximum absolute atomic E-state index is 12.7. The van der Waals surface area contributed by atoms with Gasteiger partial charge in [0.15, 0.2) is 0 Å². The summed E-state index contributed by atoms with van der Waals surface area (Å²) < 4.78 is 30.4. The molecule has 0 radical (unpaired) electrons. The van der Waals surface area contributed by atoms with Crippen molar-refractivity contribution in [3.05, 3.63) is 59.2 Å². The van der Waals surface area contributed by atoms with Crippen molar-refractivity contribution >= 4 is 16.0 Å². The topological polar surface area (TPSA) is 63.7 Å². The molecule has 0 aliphatic carbocycles. The van der Waals surface area contributed by atoms with Gasteiger partial charge in [0.1, 0.15) is 10.6 Å². The minimum absolute atomic E-state index is 0.0677. The van der Waals surface area contributed by atoms with Crippen LogP contribution in [0.2, 0.25) is 0 Å². The fraction of sp³-hybridized carbons (Fsp3) is 0.381. The maximum atomic E-state index is 12.7. The van der Waals surface area contributed by atoms with Crippen molar-refractivity contribution in [2.24, 2.45) is 0 Å². The lowest BCUT2D eigenvalue weighted by atomic mass is 10.1. The fourth-order valence-corrected chi connectivity index (χ4v) is 4.26. The van der Waals surface area contributed by atoms with Gasteiger partial charge in [0, 0.05) is 17.6 Å². The monoisotopic (exact) mass is 389 g/mol. The molecule has 146 valence electrons. The van der Waals surface area contributed by atoms with Gasteiger partial charge in [-0.05, 0) is 83.0 Å². The summed E-state index contributed by atoms with van der Waals surface area (Å²) in [6, 6.07) is 11.5. The van der Waals surface area contributed by atoms with Crippen LogP contribution in [0.3, 0.4) is 0 Å². The molecule has 0 N–H and O–H groups in total. The van der Waals surface area contributed by atoms with Crippen molar-refractivity contribution in [2.75, 3.05) is 0 Å². The van der Waals surface area contributed by atoms with Crippen molar-refractivity contribution in [1.29, 1.82) is 0 Å². The molecule has 1 amide bonds. The van der Waals surface area contributed by atoms with Gasteiger partial charge in [-0.2, -0.15) is 8.42 Å². The van der Waals surface area contributed by atoms with E-state index in [1.54, 1.807) is 36.1 Å². The minimum Gasteiger partial charge on any atom is -0.379 e. The zero-order valence-corrected chi connectivity index (χ0v) is 17.5. The summed E-state index contributed by atoms with van der Waals surface area (Å²) in [5, 5.41) is 0. The van der Waals surface area contributed by atoms with Crippen LogP contribution in [0.25, 0.3) is 0 Å². The van der Waals surface area contributed by atoms with Crippen molar-refractivity contribution < 1.29 is 17.4 Å². The highest BCUT2D eigenvalue weighted by Crippen LogP contribution is 2.23. The van der Waals surface area contributed by atoms with E-state index in [4.69, 9.17) is 4.18 Å². The first-order valence-electron chi connectivity index (χ1n) is 8.97. The first kappa shape index (κ1) is 21.0. The molecule has 2 rings (SSSR count). The minimum atomic E-state index is -3.94. The molecule has 5 nitrogen and oxygen atoms in total. The number of rotatable bonds is 6. The Morgan fingerprint density at radius 3 is 2.00 bits per heavy atom. The molecule has 0 saturated carbocycles. The van der Waals surface area contributed by atoms with Crippen LogP contribution in [0, 0.1) is 13.8 Å².